The standard InChI is InChI=1S/C23H31NO6/c1-14(8-10-19(25)24-12-16-6-5-11-29-16)7-9-17-21(27-3)15(2)18-13-30-23(26)20(18)22(17)28-4/h7,16H,5-6,8-13H2,1-4H3,(H,24,25)/t16-/m1/s1. The third-order valence-corrected chi connectivity index (χ3v) is 5.78. The number of rotatable bonds is 9. The molecule has 0 spiro atoms. The number of benzene rings is 1. The van der Waals surface area contributed by atoms with Crippen molar-refractivity contribution < 1.29 is 28.5 Å². The van der Waals surface area contributed by atoms with Gasteiger partial charge in [-0.3, -0.25) is 4.79 Å². The summed E-state index contributed by atoms with van der Waals surface area (Å²) in [5, 5.41) is 2.95. The van der Waals surface area contributed by atoms with Gasteiger partial charge in [0, 0.05) is 30.7 Å². The van der Waals surface area contributed by atoms with Crippen molar-refractivity contribution in [2.24, 2.45) is 0 Å². The number of carbonyl (C=O) groups excluding carboxylic acids is 2. The maximum absolute atomic E-state index is 12.2. The van der Waals surface area contributed by atoms with E-state index in [9.17, 15) is 9.59 Å². The molecule has 164 valence electrons. The fraction of sp³-hybridized carbons (Fsp3) is 0.565. The summed E-state index contributed by atoms with van der Waals surface area (Å²) in [6.07, 6.45) is 5.91. The van der Waals surface area contributed by atoms with E-state index in [-0.39, 0.29) is 24.6 Å². The first-order chi connectivity index (χ1) is 14.5. The van der Waals surface area contributed by atoms with E-state index < -0.39 is 0 Å². The fourth-order valence-corrected chi connectivity index (χ4v) is 4.05. The minimum atomic E-state index is -0.363. The normalized spacial score (nSPS) is 18.2. The van der Waals surface area contributed by atoms with Crippen LogP contribution < -0.4 is 14.8 Å². The Morgan fingerprint density at radius 3 is 2.67 bits per heavy atom. The summed E-state index contributed by atoms with van der Waals surface area (Å²) in [6, 6.07) is 0. The third kappa shape index (κ3) is 4.78. The summed E-state index contributed by atoms with van der Waals surface area (Å²) < 4.78 is 22.0. The number of amides is 1. The first kappa shape index (κ1) is 22.2. The largest absolute Gasteiger partial charge is 0.496 e. The van der Waals surface area contributed by atoms with Gasteiger partial charge in [0.2, 0.25) is 5.91 Å². The minimum Gasteiger partial charge on any atom is -0.496 e. The van der Waals surface area contributed by atoms with E-state index in [1.807, 2.05) is 13.8 Å². The lowest BCUT2D eigenvalue weighted by Crippen LogP contribution is -2.31. The molecule has 0 aromatic heterocycles. The van der Waals surface area contributed by atoms with E-state index in [0.29, 0.717) is 42.9 Å². The van der Waals surface area contributed by atoms with Crippen molar-refractivity contribution in [1.82, 2.24) is 5.32 Å². The van der Waals surface area contributed by atoms with Gasteiger partial charge in [0.05, 0.1) is 20.3 Å². The number of esters is 1. The average molecular weight is 418 g/mol. The Bertz CT molecular complexity index is 839. The van der Waals surface area contributed by atoms with Crippen molar-refractivity contribution >= 4 is 11.9 Å². The topological polar surface area (TPSA) is 83.1 Å². The van der Waals surface area contributed by atoms with E-state index in [1.165, 1.54) is 0 Å². The second-order valence-corrected chi connectivity index (χ2v) is 7.79. The molecular formula is C23H31NO6. The van der Waals surface area contributed by atoms with Gasteiger partial charge in [0.1, 0.15) is 23.7 Å². The second kappa shape index (κ2) is 9.98. The number of methoxy groups -OCH3 is 2. The Labute approximate surface area is 177 Å². The molecule has 7 nitrogen and oxygen atoms in total. The molecule has 30 heavy (non-hydrogen) atoms. The summed E-state index contributed by atoms with van der Waals surface area (Å²) in [4.78, 5) is 24.3. The molecule has 7 heteroatoms. The van der Waals surface area contributed by atoms with Crippen molar-refractivity contribution in [1.29, 1.82) is 0 Å². The van der Waals surface area contributed by atoms with Crippen LogP contribution in [0.5, 0.6) is 11.5 Å². The monoisotopic (exact) mass is 417 g/mol. The zero-order valence-electron chi connectivity index (χ0n) is 18.3. The molecule has 1 aromatic carbocycles. The molecule has 2 heterocycles. The van der Waals surface area contributed by atoms with E-state index in [0.717, 1.165) is 41.7 Å². The summed E-state index contributed by atoms with van der Waals surface area (Å²) in [7, 11) is 3.17. The van der Waals surface area contributed by atoms with Crippen LogP contribution in [-0.4, -0.2) is 45.4 Å². The smallest absolute Gasteiger partial charge is 0.342 e. The first-order valence-electron chi connectivity index (χ1n) is 10.4. The van der Waals surface area contributed by atoms with Crippen molar-refractivity contribution in [3.8, 4) is 11.5 Å². The van der Waals surface area contributed by atoms with Gasteiger partial charge >= 0.3 is 5.97 Å². The molecule has 1 aromatic rings. The number of carbonyl (C=O) groups is 2. The minimum absolute atomic E-state index is 0.0320. The van der Waals surface area contributed by atoms with Crippen LogP contribution in [0.25, 0.3) is 0 Å². The van der Waals surface area contributed by atoms with Crippen LogP contribution in [0.4, 0.5) is 0 Å². The van der Waals surface area contributed by atoms with Gasteiger partial charge < -0.3 is 24.3 Å². The van der Waals surface area contributed by atoms with Gasteiger partial charge in [0.15, 0.2) is 0 Å². The Balaban J connectivity index is 1.65. The van der Waals surface area contributed by atoms with Crippen LogP contribution in [0.3, 0.4) is 0 Å². The number of nitrogens with one attached hydrogen (secondary N) is 1. The lowest BCUT2D eigenvalue weighted by molar-refractivity contribution is -0.121. The van der Waals surface area contributed by atoms with Crippen molar-refractivity contribution in [2.45, 2.75) is 58.7 Å². The predicted octanol–water partition coefficient (Wildman–Crippen LogP) is 3.25. The van der Waals surface area contributed by atoms with E-state index in [4.69, 9.17) is 18.9 Å². The average Bonchev–Trinajstić information content (AvgIpc) is 3.39. The van der Waals surface area contributed by atoms with Crippen LogP contribution in [0.1, 0.15) is 59.7 Å². The molecular weight excluding hydrogens is 386 g/mol. The highest BCUT2D eigenvalue weighted by molar-refractivity contribution is 5.98. The van der Waals surface area contributed by atoms with E-state index in [2.05, 4.69) is 11.4 Å². The molecule has 0 radical (unpaired) electrons. The molecule has 0 unspecified atom stereocenters. The van der Waals surface area contributed by atoms with Crippen LogP contribution in [0.2, 0.25) is 0 Å². The molecule has 1 atom stereocenters. The lowest BCUT2D eigenvalue weighted by atomic mass is 9.94. The number of fused-ring (bicyclic) bond motifs is 1. The van der Waals surface area contributed by atoms with Gasteiger partial charge in [-0.05, 0) is 45.1 Å². The van der Waals surface area contributed by atoms with Gasteiger partial charge in [-0.2, -0.15) is 0 Å². The highest BCUT2D eigenvalue weighted by Crippen LogP contribution is 2.42. The molecule has 2 aliphatic heterocycles. The summed E-state index contributed by atoms with van der Waals surface area (Å²) >= 11 is 0. The number of hydrogen-bond acceptors (Lipinski definition) is 6. The Hall–Kier alpha value is -2.54. The first-order valence-corrected chi connectivity index (χ1v) is 10.4. The highest BCUT2D eigenvalue weighted by atomic mass is 16.5. The van der Waals surface area contributed by atoms with Crippen LogP contribution in [0.15, 0.2) is 11.6 Å². The fourth-order valence-electron chi connectivity index (χ4n) is 4.05. The third-order valence-electron chi connectivity index (χ3n) is 5.78. The molecule has 1 N–H and O–H groups in total. The zero-order chi connectivity index (χ0) is 21.7. The summed E-state index contributed by atoms with van der Waals surface area (Å²) in [6.45, 7) is 5.54. The molecule has 0 aliphatic carbocycles. The van der Waals surface area contributed by atoms with E-state index >= 15 is 0 Å². The molecule has 0 bridgehead atoms. The van der Waals surface area contributed by atoms with E-state index in [1.54, 1.807) is 14.2 Å². The number of hydrogen-bond donors (Lipinski definition) is 1. The molecule has 2 aliphatic rings. The van der Waals surface area contributed by atoms with Crippen LogP contribution in [-0.2, 0) is 27.3 Å². The number of cyclic esters (lactones) is 1. The Kier molecular flexibility index (Phi) is 7.37. The van der Waals surface area contributed by atoms with Gasteiger partial charge in [-0.25, -0.2) is 4.79 Å². The van der Waals surface area contributed by atoms with Gasteiger partial charge in [-0.1, -0.05) is 11.6 Å². The molecule has 3 rings (SSSR count). The highest BCUT2D eigenvalue weighted by Gasteiger charge is 2.32. The van der Waals surface area contributed by atoms with Crippen LogP contribution in [0, 0.1) is 6.92 Å². The van der Waals surface area contributed by atoms with Gasteiger partial charge in [-0.15, -0.1) is 0 Å². The molecule has 1 amide bonds. The SMILES string of the molecule is COc1c(C)c2c(c(OC)c1CC=C(C)CCC(=O)NC[C@H]1CCCO1)C(=O)OC2. The molecule has 0 saturated carbocycles. The maximum atomic E-state index is 12.2. The van der Waals surface area contributed by atoms with Crippen LogP contribution >= 0.6 is 0 Å². The lowest BCUT2D eigenvalue weighted by Gasteiger charge is -2.18. The number of allylic oxidation sites excluding steroid dienone is 2. The summed E-state index contributed by atoms with van der Waals surface area (Å²) in [5.74, 6) is 0.887. The number of ether oxygens (including phenoxy) is 4. The predicted molar refractivity (Wildman–Crippen MR) is 112 cm³/mol. The zero-order valence-corrected chi connectivity index (χ0v) is 18.3. The summed E-state index contributed by atoms with van der Waals surface area (Å²) in [5.41, 5.74) is 4.12. The Morgan fingerprint density at radius 2 is 2.00 bits per heavy atom. The van der Waals surface area contributed by atoms with Gasteiger partial charge in [0.25, 0.3) is 0 Å². The van der Waals surface area contributed by atoms with Crippen molar-refractivity contribution in [3.05, 3.63) is 33.9 Å². The van der Waals surface area contributed by atoms with Crippen molar-refractivity contribution in [2.75, 3.05) is 27.4 Å². The Morgan fingerprint density at radius 1 is 1.23 bits per heavy atom. The second-order valence-electron chi connectivity index (χ2n) is 7.79. The maximum Gasteiger partial charge on any atom is 0.342 e. The van der Waals surface area contributed by atoms with Crippen molar-refractivity contribution in [3.63, 3.8) is 0 Å². The quantitative estimate of drug-likeness (QED) is 0.491. The molecule has 1 saturated heterocycles. The molecule has 1 fully saturated rings.